The Morgan fingerprint density at radius 1 is 1.32 bits per heavy atom. The Bertz CT molecular complexity index is 968. The third-order valence-corrected chi connectivity index (χ3v) is 6.94. The lowest BCUT2D eigenvalue weighted by molar-refractivity contribution is -0.150. The Hall–Kier alpha value is -2.51. The largest absolute Gasteiger partial charge is 0.496 e. The first kappa shape index (κ1) is 23.2. The molecular formula is C21H22BrN3O5S. The maximum atomic E-state index is 12.9. The van der Waals surface area contributed by atoms with Crippen LogP contribution in [-0.2, 0) is 19.1 Å². The minimum atomic E-state index is -1.22. The molecule has 0 unspecified atom stereocenters. The van der Waals surface area contributed by atoms with Crippen molar-refractivity contribution in [1.29, 1.82) is 5.26 Å². The maximum Gasteiger partial charge on any atom is 0.319 e. The summed E-state index contributed by atoms with van der Waals surface area (Å²) in [6.45, 7) is 1.45. The molecule has 8 nitrogen and oxygen atoms in total. The zero-order valence-corrected chi connectivity index (χ0v) is 19.5. The fourth-order valence-corrected chi connectivity index (χ4v) is 5.26. The van der Waals surface area contributed by atoms with Gasteiger partial charge < -0.3 is 19.7 Å². The molecule has 2 aliphatic rings. The number of nitrogens with zero attached hydrogens (tertiary/aromatic N) is 2. The smallest absolute Gasteiger partial charge is 0.319 e. The molecule has 0 bridgehead atoms. The highest BCUT2D eigenvalue weighted by molar-refractivity contribution is 9.10. The Balaban J connectivity index is 1.98. The van der Waals surface area contributed by atoms with Crippen molar-refractivity contribution in [3.05, 3.63) is 38.8 Å². The Labute approximate surface area is 193 Å². The number of rotatable bonds is 6. The summed E-state index contributed by atoms with van der Waals surface area (Å²) in [5, 5.41) is 12.9. The molecule has 0 spiro atoms. The highest BCUT2D eigenvalue weighted by atomic mass is 79.9. The summed E-state index contributed by atoms with van der Waals surface area (Å²) in [7, 11) is 2.73. The van der Waals surface area contributed by atoms with Gasteiger partial charge in [-0.2, -0.15) is 5.26 Å². The summed E-state index contributed by atoms with van der Waals surface area (Å²) in [6.07, 6.45) is 1.96. The van der Waals surface area contributed by atoms with E-state index >= 15 is 0 Å². The van der Waals surface area contributed by atoms with Crippen LogP contribution in [0.4, 0.5) is 0 Å². The first-order valence-electron chi connectivity index (χ1n) is 9.68. The van der Waals surface area contributed by atoms with Crippen LogP contribution in [0.2, 0.25) is 0 Å². The van der Waals surface area contributed by atoms with E-state index in [9.17, 15) is 19.6 Å². The van der Waals surface area contributed by atoms with Crippen LogP contribution in [0.15, 0.2) is 33.3 Å². The van der Waals surface area contributed by atoms with Crippen molar-refractivity contribution >= 4 is 45.5 Å². The van der Waals surface area contributed by atoms with Crippen LogP contribution in [0.5, 0.6) is 5.75 Å². The Kier molecular flexibility index (Phi) is 7.62. The second kappa shape index (κ2) is 10.2. The van der Waals surface area contributed by atoms with Gasteiger partial charge in [-0.1, -0.05) is 17.8 Å². The van der Waals surface area contributed by atoms with E-state index in [-0.39, 0.29) is 22.3 Å². The van der Waals surface area contributed by atoms with E-state index in [1.807, 2.05) is 0 Å². The van der Waals surface area contributed by atoms with Crippen molar-refractivity contribution in [3.63, 3.8) is 0 Å². The van der Waals surface area contributed by atoms with Crippen LogP contribution in [-0.4, -0.2) is 55.7 Å². The molecule has 2 aliphatic heterocycles. The van der Waals surface area contributed by atoms with Gasteiger partial charge in [0.05, 0.1) is 41.1 Å². The maximum absolute atomic E-state index is 12.9. The number of hydrogen-bond acceptors (Lipinski definition) is 7. The third kappa shape index (κ3) is 4.88. The molecule has 0 radical (unpaired) electrons. The molecule has 2 heterocycles. The summed E-state index contributed by atoms with van der Waals surface area (Å²) < 4.78 is 10.7. The van der Waals surface area contributed by atoms with E-state index in [2.05, 4.69) is 27.3 Å². The lowest BCUT2D eigenvalue weighted by Crippen LogP contribution is -2.44. The van der Waals surface area contributed by atoms with Crippen LogP contribution in [0, 0.1) is 17.2 Å². The molecule has 1 N–H and O–H groups in total. The van der Waals surface area contributed by atoms with Gasteiger partial charge >= 0.3 is 5.97 Å². The minimum absolute atomic E-state index is 0.0413. The molecule has 1 fully saturated rings. The number of allylic oxidation sites excluding steroid dienone is 1. The number of halogens is 1. The Morgan fingerprint density at radius 2 is 2.03 bits per heavy atom. The quantitative estimate of drug-likeness (QED) is 0.465. The van der Waals surface area contributed by atoms with E-state index in [0.29, 0.717) is 15.8 Å². The van der Waals surface area contributed by atoms with Gasteiger partial charge in [-0.15, -0.1) is 0 Å². The van der Waals surface area contributed by atoms with E-state index in [1.165, 1.54) is 14.2 Å². The van der Waals surface area contributed by atoms with Gasteiger partial charge in [0.2, 0.25) is 11.8 Å². The molecule has 0 aromatic heterocycles. The van der Waals surface area contributed by atoms with E-state index < -0.39 is 23.7 Å². The fraction of sp³-hybridized carbons (Fsp3) is 0.429. The van der Waals surface area contributed by atoms with Gasteiger partial charge in [0, 0.05) is 19.0 Å². The van der Waals surface area contributed by atoms with Gasteiger partial charge in [0.25, 0.3) is 0 Å². The lowest BCUT2D eigenvalue weighted by atomic mass is 9.78. The summed E-state index contributed by atoms with van der Waals surface area (Å²) in [5.74, 6) is -2.75. The average Bonchev–Trinajstić information content (AvgIpc) is 3.31. The number of amides is 2. The summed E-state index contributed by atoms with van der Waals surface area (Å²) in [5.41, 5.74) is 0.796. The van der Waals surface area contributed by atoms with Gasteiger partial charge in [-0.05, 0) is 46.5 Å². The molecule has 3 rings (SSSR count). The second-order valence-corrected chi connectivity index (χ2v) is 8.93. The minimum Gasteiger partial charge on any atom is -0.496 e. The number of methoxy groups -OCH3 is 2. The topological polar surface area (TPSA) is 109 Å². The summed E-state index contributed by atoms with van der Waals surface area (Å²) in [6, 6.07) is 7.25. The molecule has 0 saturated carbocycles. The zero-order valence-electron chi connectivity index (χ0n) is 17.1. The molecule has 1 aromatic rings. The first-order valence-corrected chi connectivity index (χ1v) is 11.5. The van der Waals surface area contributed by atoms with Crippen molar-refractivity contribution < 1.29 is 23.9 Å². The number of esters is 1. The highest BCUT2D eigenvalue weighted by Gasteiger charge is 2.44. The van der Waals surface area contributed by atoms with E-state index in [0.717, 1.165) is 37.7 Å². The monoisotopic (exact) mass is 507 g/mol. The second-order valence-electron chi connectivity index (χ2n) is 7.09. The number of nitriles is 1. The zero-order chi connectivity index (χ0) is 22.5. The molecule has 10 heteroatoms. The molecule has 164 valence electrons. The number of carbonyl (C=O) groups is 3. The van der Waals surface area contributed by atoms with Crippen LogP contribution in [0.25, 0.3) is 0 Å². The standard InChI is InChI=1S/C21H22BrN3O5S/c1-29-15-6-5-12(9-14(15)22)17-13(10-23)20(24-19(27)18(17)21(28)30-2)31-11-16(26)25-7-3-4-8-25/h5-6,9,17-18H,3-4,7-8,11H2,1-2H3,(H,24,27)/t17-,18+/m1/s1. The molecule has 1 aromatic carbocycles. The van der Waals surface area contributed by atoms with Crippen LogP contribution >= 0.6 is 27.7 Å². The first-order chi connectivity index (χ1) is 14.9. The fourth-order valence-electron chi connectivity index (χ4n) is 3.75. The molecule has 2 amide bonds. The van der Waals surface area contributed by atoms with Crippen LogP contribution in [0.3, 0.4) is 0 Å². The Morgan fingerprint density at radius 3 is 2.61 bits per heavy atom. The molecule has 0 aliphatic carbocycles. The van der Waals surface area contributed by atoms with Gasteiger partial charge in [-0.3, -0.25) is 14.4 Å². The summed E-state index contributed by atoms with van der Waals surface area (Å²) in [4.78, 5) is 39.5. The average molecular weight is 508 g/mol. The van der Waals surface area contributed by atoms with Crippen molar-refractivity contribution in [3.8, 4) is 11.8 Å². The van der Waals surface area contributed by atoms with Crippen LogP contribution < -0.4 is 10.1 Å². The highest BCUT2D eigenvalue weighted by Crippen LogP contribution is 2.42. The molecular weight excluding hydrogens is 486 g/mol. The van der Waals surface area contributed by atoms with Gasteiger partial charge in [-0.25, -0.2) is 0 Å². The molecule has 31 heavy (non-hydrogen) atoms. The number of ether oxygens (including phenoxy) is 2. The number of likely N-dealkylation sites (tertiary alicyclic amines) is 1. The predicted octanol–water partition coefficient (Wildman–Crippen LogP) is 2.55. The van der Waals surface area contributed by atoms with Crippen molar-refractivity contribution in [2.75, 3.05) is 33.1 Å². The normalized spacial score (nSPS) is 20.8. The van der Waals surface area contributed by atoms with E-state index in [4.69, 9.17) is 9.47 Å². The summed E-state index contributed by atoms with van der Waals surface area (Å²) >= 11 is 4.52. The van der Waals surface area contributed by atoms with Crippen LogP contribution in [0.1, 0.15) is 24.3 Å². The van der Waals surface area contributed by atoms with Crippen molar-refractivity contribution in [1.82, 2.24) is 10.2 Å². The number of thioether (sulfide) groups is 1. The van der Waals surface area contributed by atoms with Crippen molar-refractivity contribution in [2.24, 2.45) is 5.92 Å². The number of nitrogens with one attached hydrogen (secondary N) is 1. The molecule has 2 atom stereocenters. The number of carbonyl (C=O) groups excluding carboxylic acids is 3. The lowest BCUT2D eigenvalue weighted by Gasteiger charge is -2.31. The van der Waals surface area contributed by atoms with Gasteiger partial charge in [0.15, 0.2) is 0 Å². The molecule has 1 saturated heterocycles. The van der Waals surface area contributed by atoms with E-state index in [1.54, 1.807) is 23.1 Å². The number of benzene rings is 1. The van der Waals surface area contributed by atoms with Gasteiger partial charge in [0.1, 0.15) is 11.7 Å². The SMILES string of the molecule is COC(=O)[C@@H]1C(=O)NC(SCC(=O)N2CCCC2)=C(C#N)[C@H]1c1ccc(OC)c(Br)c1. The number of hydrogen-bond donors (Lipinski definition) is 1. The van der Waals surface area contributed by atoms with Crippen molar-refractivity contribution in [2.45, 2.75) is 18.8 Å². The predicted molar refractivity (Wildman–Crippen MR) is 118 cm³/mol. The third-order valence-electron chi connectivity index (χ3n) is 5.32.